The fourth-order valence-electron chi connectivity index (χ4n) is 1.19. The van der Waals surface area contributed by atoms with Crippen molar-refractivity contribution in [2.45, 2.75) is 43.7 Å². The van der Waals surface area contributed by atoms with E-state index in [-0.39, 0.29) is 6.61 Å². The van der Waals surface area contributed by atoms with E-state index in [1.807, 2.05) is 11.6 Å². The van der Waals surface area contributed by atoms with Crippen molar-refractivity contribution in [3.63, 3.8) is 0 Å². The van der Waals surface area contributed by atoms with E-state index in [1.54, 1.807) is 11.8 Å². The molecular weight excluding hydrogens is 198 g/mol. The van der Waals surface area contributed by atoms with Crippen molar-refractivity contribution in [1.82, 2.24) is 14.8 Å². The largest absolute Gasteiger partial charge is 0.388 e. The van der Waals surface area contributed by atoms with Gasteiger partial charge in [-0.25, -0.2) is 0 Å². The molecule has 4 nitrogen and oxygen atoms in total. The van der Waals surface area contributed by atoms with E-state index < -0.39 is 0 Å². The zero-order valence-corrected chi connectivity index (χ0v) is 9.71. The molecule has 0 fully saturated rings. The molecule has 1 heterocycles. The summed E-state index contributed by atoms with van der Waals surface area (Å²) in [6.45, 7) is 4.29. The van der Waals surface area contributed by atoms with Gasteiger partial charge in [-0.05, 0) is 12.8 Å². The average Bonchev–Trinajstić information content (AvgIpc) is 2.56. The summed E-state index contributed by atoms with van der Waals surface area (Å²) < 4.78 is 1.85. The highest BCUT2D eigenvalue weighted by atomic mass is 32.2. The highest BCUT2D eigenvalue weighted by Crippen LogP contribution is 2.25. The van der Waals surface area contributed by atoms with Crippen LogP contribution in [0, 0.1) is 0 Å². The van der Waals surface area contributed by atoms with E-state index in [9.17, 15) is 0 Å². The van der Waals surface area contributed by atoms with Gasteiger partial charge in [-0.1, -0.05) is 25.6 Å². The van der Waals surface area contributed by atoms with Gasteiger partial charge in [0.1, 0.15) is 6.61 Å². The fourth-order valence-corrected chi connectivity index (χ4v) is 2.17. The van der Waals surface area contributed by atoms with Gasteiger partial charge < -0.3 is 9.67 Å². The lowest BCUT2D eigenvalue weighted by Gasteiger charge is -2.10. The average molecular weight is 215 g/mol. The molecule has 1 aromatic heterocycles. The zero-order valence-electron chi connectivity index (χ0n) is 8.90. The van der Waals surface area contributed by atoms with Crippen molar-refractivity contribution >= 4 is 11.8 Å². The summed E-state index contributed by atoms with van der Waals surface area (Å²) in [4.78, 5) is 0. The lowest BCUT2D eigenvalue weighted by atomic mass is 10.3. The molecule has 5 heteroatoms. The Kier molecular flexibility index (Phi) is 4.41. The Morgan fingerprint density at radius 1 is 1.36 bits per heavy atom. The van der Waals surface area contributed by atoms with Gasteiger partial charge in [-0.2, -0.15) is 0 Å². The van der Waals surface area contributed by atoms with Crippen LogP contribution in [0.25, 0.3) is 0 Å². The molecule has 14 heavy (non-hydrogen) atoms. The first kappa shape index (κ1) is 11.5. The second kappa shape index (κ2) is 5.36. The monoisotopic (exact) mass is 215 g/mol. The Hall–Kier alpha value is -0.550. The third-order valence-electron chi connectivity index (χ3n) is 2.25. The summed E-state index contributed by atoms with van der Waals surface area (Å²) in [6, 6.07) is 0. The molecule has 0 saturated carbocycles. The Labute approximate surface area is 88.7 Å². The minimum Gasteiger partial charge on any atom is -0.388 e. The number of hydrogen-bond acceptors (Lipinski definition) is 4. The third kappa shape index (κ3) is 2.48. The first-order chi connectivity index (χ1) is 6.72. The highest BCUT2D eigenvalue weighted by Gasteiger charge is 2.12. The number of rotatable bonds is 5. The molecule has 0 aromatic carbocycles. The lowest BCUT2D eigenvalue weighted by molar-refractivity contribution is 0.266. The molecule has 1 rings (SSSR count). The maximum Gasteiger partial charge on any atom is 0.191 e. The van der Waals surface area contributed by atoms with E-state index in [2.05, 4.69) is 24.0 Å². The molecule has 0 atom stereocenters. The Bertz CT molecular complexity index is 284. The van der Waals surface area contributed by atoms with Crippen LogP contribution in [0.3, 0.4) is 0 Å². The van der Waals surface area contributed by atoms with E-state index >= 15 is 0 Å². The molecule has 0 bridgehead atoms. The predicted octanol–water partition coefficient (Wildman–Crippen LogP) is 1.59. The van der Waals surface area contributed by atoms with Crippen molar-refractivity contribution in [2.24, 2.45) is 7.05 Å². The molecule has 0 unspecified atom stereocenters. The van der Waals surface area contributed by atoms with Gasteiger partial charge in [-0.15, -0.1) is 10.2 Å². The maximum absolute atomic E-state index is 8.95. The zero-order chi connectivity index (χ0) is 10.6. The van der Waals surface area contributed by atoms with E-state index in [1.165, 1.54) is 0 Å². The molecule has 0 aliphatic rings. The van der Waals surface area contributed by atoms with E-state index in [0.29, 0.717) is 11.1 Å². The summed E-state index contributed by atoms with van der Waals surface area (Å²) in [7, 11) is 1.89. The van der Waals surface area contributed by atoms with Gasteiger partial charge in [-0.3, -0.25) is 0 Å². The first-order valence-electron chi connectivity index (χ1n) is 4.88. The van der Waals surface area contributed by atoms with Crippen LogP contribution in [-0.4, -0.2) is 25.1 Å². The normalized spacial score (nSPS) is 11.2. The van der Waals surface area contributed by atoms with Crippen molar-refractivity contribution in [3.8, 4) is 0 Å². The summed E-state index contributed by atoms with van der Waals surface area (Å²) >= 11 is 1.73. The van der Waals surface area contributed by atoms with Crippen molar-refractivity contribution in [2.75, 3.05) is 0 Å². The summed E-state index contributed by atoms with van der Waals surface area (Å²) in [5.41, 5.74) is 0. The van der Waals surface area contributed by atoms with Crippen LogP contribution < -0.4 is 0 Å². The van der Waals surface area contributed by atoms with Crippen LogP contribution in [0.5, 0.6) is 0 Å². The van der Waals surface area contributed by atoms with Crippen molar-refractivity contribution < 1.29 is 5.11 Å². The number of thioether (sulfide) groups is 1. The van der Waals surface area contributed by atoms with Crippen LogP contribution in [0.4, 0.5) is 0 Å². The van der Waals surface area contributed by atoms with Crippen LogP contribution in [0.1, 0.15) is 32.5 Å². The number of aromatic nitrogens is 3. The molecule has 1 N–H and O–H groups in total. The minimum atomic E-state index is -0.0486. The summed E-state index contributed by atoms with van der Waals surface area (Å²) in [6.07, 6.45) is 2.25. The second-order valence-electron chi connectivity index (χ2n) is 3.17. The molecule has 0 radical (unpaired) electrons. The van der Waals surface area contributed by atoms with Gasteiger partial charge in [0.15, 0.2) is 11.0 Å². The van der Waals surface area contributed by atoms with Crippen LogP contribution in [0.2, 0.25) is 0 Å². The van der Waals surface area contributed by atoms with E-state index in [0.717, 1.165) is 18.0 Å². The lowest BCUT2D eigenvalue weighted by Crippen LogP contribution is -2.03. The van der Waals surface area contributed by atoms with Gasteiger partial charge in [0.05, 0.1) is 0 Å². The van der Waals surface area contributed by atoms with Crippen molar-refractivity contribution in [1.29, 1.82) is 0 Å². The Morgan fingerprint density at radius 2 is 2.00 bits per heavy atom. The van der Waals surface area contributed by atoms with Gasteiger partial charge >= 0.3 is 0 Å². The standard InChI is InChI=1S/C9H17N3OS/c1-4-7(5-2)14-9-11-10-8(6-13)12(9)3/h7,13H,4-6H2,1-3H3. The van der Waals surface area contributed by atoms with Crippen LogP contribution in [-0.2, 0) is 13.7 Å². The van der Waals surface area contributed by atoms with Gasteiger partial charge in [0.2, 0.25) is 0 Å². The first-order valence-corrected chi connectivity index (χ1v) is 5.76. The number of hydrogen-bond donors (Lipinski definition) is 1. The topological polar surface area (TPSA) is 50.9 Å². The maximum atomic E-state index is 8.95. The molecule has 0 spiro atoms. The Morgan fingerprint density at radius 3 is 2.43 bits per heavy atom. The van der Waals surface area contributed by atoms with E-state index in [4.69, 9.17) is 5.11 Å². The van der Waals surface area contributed by atoms with Crippen LogP contribution >= 0.6 is 11.8 Å². The molecule has 80 valence electrons. The van der Waals surface area contributed by atoms with Crippen molar-refractivity contribution in [3.05, 3.63) is 5.82 Å². The molecule has 0 aliphatic heterocycles. The van der Waals surface area contributed by atoms with Crippen LogP contribution in [0.15, 0.2) is 5.16 Å². The summed E-state index contributed by atoms with van der Waals surface area (Å²) in [5, 5.41) is 18.4. The SMILES string of the molecule is CCC(CC)Sc1nnc(CO)n1C. The highest BCUT2D eigenvalue weighted by molar-refractivity contribution is 7.99. The summed E-state index contributed by atoms with van der Waals surface area (Å²) in [5.74, 6) is 0.624. The van der Waals surface area contributed by atoms with Gasteiger partial charge in [0.25, 0.3) is 0 Å². The molecule has 0 amide bonds. The molecule has 0 saturated heterocycles. The number of nitrogens with zero attached hydrogens (tertiary/aromatic N) is 3. The quantitative estimate of drug-likeness (QED) is 0.758. The molecule has 0 aliphatic carbocycles. The smallest absolute Gasteiger partial charge is 0.191 e. The minimum absolute atomic E-state index is 0.0486. The van der Waals surface area contributed by atoms with Gasteiger partial charge in [0, 0.05) is 12.3 Å². The predicted molar refractivity (Wildman–Crippen MR) is 57.2 cm³/mol. The fraction of sp³-hybridized carbons (Fsp3) is 0.778. The number of aliphatic hydroxyl groups is 1. The Balaban J connectivity index is 2.71. The molecule has 1 aromatic rings. The second-order valence-corrected chi connectivity index (χ2v) is 4.44. The molecular formula is C9H17N3OS. The number of aliphatic hydroxyl groups excluding tert-OH is 1. The third-order valence-corrected chi connectivity index (χ3v) is 3.82.